The van der Waals surface area contributed by atoms with Crippen LogP contribution in [0.1, 0.15) is 33.6 Å². The van der Waals surface area contributed by atoms with Crippen LogP contribution < -0.4 is 0 Å². The molecular weight excluding hydrogens is 134 g/mol. The molecule has 2 atom stereocenters. The van der Waals surface area contributed by atoms with Crippen LogP contribution in [0.25, 0.3) is 0 Å². The third-order valence-electron chi connectivity index (χ3n) is 2.73. The van der Waals surface area contributed by atoms with E-state index < -0.39 is 0 Å². The van der Waals surface area contributed by atoms with Crippen molar-refractivity contribution in [3.05, 3.63) is 12.3 Å². The molecule has 0 aromatic rings. The summed E-state index contributed by atoms with van der Waals surface area (Å²) in [6.45, 7) is 11.9. The van der Waals surface area contributed by atoms with Crippen LogP contribution in [-0.4, -0.2) is 17.5 Å². The molecule has 11 heavy (non-hydrogen) atoms. The molecule has 0 bridgehead atoms. The van der Waals surface area contributed by atoms with Crippen molar-refractivity contribution in [3.8, 4) is 0 Å². The van der Waals surface area contributed by atoms with E-state index in [2.05, 4.69) is 32.3 Å². The first kappa shape index (κ1) is 8.63. The van der Waals surface area contributed by atoms with Gasteiger partial charge in [0.1, 0.15) is 0 Å². The summed E-state index contributed by atoms with van der Waals surface area (Å²) in [7, 11) is 0. The van der Waals surface area contributed by atoms with E-state index in [0.717, 1.165) is 12.0 Å². The first-order valence-electron chi connectivity index (χ1n) is 4.57. The third kappa shape index (κ3) is 1.76. The average Bonchev–Trinajstić information content (AvgIpc) is 2.30. The molecule has 0 radical (unpaired) electrons. The maximum absolute atomic E-state index is 3.98. The molecule has 64 valence electrons. The lowest BCUT2D eigenvalue weighted by atomic mass is 10.0. The molecule has 1 heteroatoms. The minimum Gasteiger partial charge on any atom is -0.373 e. The first-order valence-corrected chi connectivity index (χ1v) is 4.57. The van der Waals surface area contributed by atoms with E-state index in [1.165, 1.54) is 25.1 Å². The summed E-state index contributed by atoms with van der Waals surface area (Å²) in [4.78, 5) is 2.42. The van der Waals surface area contributed by atoms with E-state index in [1.807, 2.05) is 0 Å². The maximum Gasteiger partial charge on any atom is 0.0261 e. The number of nitrogens with zero attached hydrogens (tertiary/aromatic N) is 1. The Morgan fingerprint density at radius 3 is 2.55 bits per heavy atom. The zero-order chi connectivity index (χ0) is 8.43. The molecule has 0 N–H and O–H groups in total. The Bertz CT molecular complexity index is 151. The van der Waals surface area contributed by atoms with Crippen LogP contribution in [0.5, 0.6) is 0 Å². The molecule has 2 unspecified atom stereocenters. The number of allylic oxidation sites excluding steroid dienone is 1. The van der Waals surface area contributed by atoms with Crippen LogP contribution in [0.4, 0.5) is 0 Å². The van der Waals surface area contributed by atoms with Gasteiger partial charge in [-0.05, 0) is 26.2 Å². The summed E-state index contributed by atoms with van der Waals surface area (Å²) in [5.74, 6) is 0.904. The topological polar surface area (TPSA) is 3.24 Å². The van der Waals surface area contributed by atoms with E-state index in [0.29, 0.717) is 0 Å². The molecular formula is C10H19N. The van der Waals surface area contributed by atoms with Gasteiger partial charge < -0.3 is 4.90 Å². The summed E-state index contributed by atoms with van der Waals surface area (Å²) in [5, 5.41) is 0. The van der Waals surface area contributed by atoms with Crippen molar-refractivity contribution < 1.29 is 0 Å². The Kier molecular flexibility index (Phi) is 2.58. The van der Waals surface area contributed by atoms with Crippen LogP contribution >= 0.6 is 0 Å². The van der Waals surface area contributed by atoms with Gasteiger partial charge >= 0.3 is 0 Å². The van der Waals surface area contributed by atoms with Gasteiger partial charge in [-0.25, -0.2) is 0 Å². The van der Waals surface area contributed by atoms with Gasteiger partial charge in [-0.1, -0.05) is 19.9 Å². The molecule has 1 saturated heterocycles. The summed E-state index contributed by atoms with van der Waals surface area (Å²) in [5.41, 5.74) is 1.23. The van der Waals surface area contributed by atoms with E-state index in [1.54, 1.807) is 0 Å². The minimum atomic E-state index is 0.720. The minimum absolute atomic E-state index is 0.720. The van der Waals surface area contributed by atoms with Crippen LogP contribution in [0.15, 0.2) is 12.3 Å². The molecule has 1 aliphatic rings. The van der Waals surface area contributed by atoms with Gasteiger partial charge in [0, 0.05) is 18.3 Å². The molecule has 1 aliphatic heterocycles. The number of hydrogen-bond donors (Lipinski definition) is 0. The Balaban J connectivity index is 2.51. The highest BCUT2D eigenvalue weighted by molar-refractivity contribution is 4.96. The monoisotopic (exact) mass is 153 g/mol. The Morgan fingerprint density at radius 1 is 1.64 bits per heavy atom. The second-order valence-corrected chi connectivity index (χ2v) is 3.75. The highest BCUT2D eigenvalue weighted by Crippen LogP contribution is 2.27. The fourth-order valence-corrected chi connectivity index (χ4v) is 1.97. The number of hydrogen-bond acceptors (Lipinski definition) is 1. The van der Waals surface area contributed by atoms with E-state index >= 15 is 0 Å². The average molecular weight is 153 g/mol. The van der Waals surface area contributed by atoms with Gasteiger partial charge in [-0.2, -0.15) is 0 Å². The highest BCUT2D eigenvalue weighted by atomic mass is 15.2. The molecule has 1 nitrogen and oxygen atoms in total. The molecule has 0 aromatic carbocycles. The second-order valence-electron chi connectivity index (χ2n) is 3.75. The summed E-state index contributed by atoms with van der Waals surface area (Å²) in [6, 6.07) is 0.720. The third-order valence-corrected chi connectivity index (χ3v) is 2.73. The van der Waals surface area contributed by atoms with Crippen molar-refractivity contribution >= 4 is 0 Å². The molecule has 1 fully saturated rings. The zero-order valence-electron chi connectivity index (χ0n) is 7.93. The lowest BCUT2D eigenvalue weighted by Crippen LogP contribution is -2.24. The van der Waals surface area contributed by atoms with E-state index in [-0.39, 0.29) is 0 Å². The SMILES string of the molecule is C=C(C)N1CC(CC)CC1C. The van der Waals surface area contributed by atoms with E-state index in [4.69, 9.17) is 0 Å². The van der Waals surface area contributed by atoms with Crippen molar-refractivity contribution in [2.24, 2.45) is 5.92 Å². The summed E-state index contributed by atoms with van der Waals surface area (Å²) < 4.78 is 0. The fraction of sp³-hybridized carbons (Fsp3) is 0.800. The van der Waals surface area contributed by atoms with Gasteiger partial charge in [0.15, 0.2) is 0 Å². The van der Waals surface area contributed by atoms with E-state index in [9.17, 15) is 0 Å². The largest absolute Gasteiger partial charge is 0.373 e. The maximum atomic E-state index is 3.98. The lowest BCUT2D eigenvalue weighted by molar-refractivity contribution is 0.336. The lowest BCUT2D eigenvalue weighted by Gasteiger charge is -2.23. The van der Waals surface area contributed by atoms with Crippen LogP contribution in [0.3, 0.4) is 0 Å². The molecule has 0 spiro atoms. The Labute approximate surface area is 70.1 Å². The zero-order valence-corrected chi connectivity index (χ0v) is 7.93. The summed E-state index contributed by atoms with van der Waals surface area (Å²) in [6.07, 6.45) is 2.66. The first-order chi connectivity index (χ1) is 5.15. The Morgan fingerprint density at radius 2 is 2.27 bits per heavy atom. The van der Waals surface area contributed by atoms with Gasteiger partial charge in [-0.3, -0.25) is 0 Å². The number of likely N-dealkylation sites (tertiary alicyclic amines) is 1. The predicted octanol–water partition coefficient (Wildman–Crippen LogP) is 2.64. The van der Waals surface area contributed by atoms with Gasteiger partial charge in [0.2, 0.25) is 0 Å². The second kappa shape index (κ2) is 3.29. The molecule has 0 aromatic heterocycles. The predicted molar refractivity (Wildman–Crippen MR) is 49.4 cm³/mol. The molecule has 0 saturated carbocycles. The standard InChI is InChI=1S/C10H19N/c1-5-10-6-9(4)11(7-10)8(2)3/h9-10H,2,5-7H2,1,3-4H3. The Hall–Kier alpha value is -0.460. The molecule has 0 amide bonds. The number of rotatable bonds is 2. The van der Waals surface area contributed by atoms with Gasteiger partial charge in [-0.15, -0.1) is 0 Å². The van der Waals surface area contributed by atoms with Crippen LogP contribution in [0, 0.1) is 5.92 Å². The van der Waals surface area contributed by atoms with Gasteiger partial charge in [0.25, 0.3) is 0 Å². The van der Waals surface area contributed by atoms with Crippen molar-refractivity contribution in [2.45, 2.75) is 39.7 Å². The summed E-state index contributed by atoms with van der Waals surface area (Å²) >= 11 is 0. The van der Waals surface area contributed by atoms with Crippen LogP contribution in [0.2, 0.25) is 0 Å². The quantitative estimate of drug-likeness (QED) is 0.589. The fourth-order valence-electron chi connectivity index (χ4n) is 1.97. The molecule has 1 heterocycles. The molecule has 0 aliphatic carbocycles. The van der Waals surface area contributed by atoms with Crippen molar-refractivity contribution in [3.63, 3.8) is 0 Å². The van der Waals surface area contributed by atoms with Crippen molar-refractivity contribution in [1.29, 1.82) is 0 Å². The van der Waals surface area contributed by atoms with Crippen molar-refractivity contribution in [2.75, 3.05) is 6.54 Å². The van der Waals surface area contributed by atoms with Crippen LogP contribution in [-0.2, 0) is 0 Å². The smallest absolute Gasteiger partial charge is 0.0261 e. The highest BCUT2D eigenvalue weighted by Gasteiger charge is 2.26. The molecule has 1 rings (SSSR count). The van der Waals surface area contributed by atoms with Crippen molar-refractivity contribution in [1.82, 2.24) is 4.90 Å². The van der Waals surface area contributed by atoms with Gasteiger partial charge in [0.05, 0.1) is 0 Å². The normalized spacial score (nSPS) is 31.0.